The molecule has 3 rings (SSSR count). The predicted molar refractivity (Wildman–Crippen MR) is 99.8 cm³/mol. The lowest BCUT2D eigenvalue weighted by Gasteiger charge is -2.18. The molecule has 0 unspecified atom stereocenters. The SMILES string of the molecule is CN(CCc1ccncc1)c1cc(C(=O)Nc2ccc(F)cc2)ccn1. The summed E-state index contributed by atoms with van der Waals surface area (Å²) in [7, 11) is 1.94. The molecule has 0 saturated heterocycles. The molecular weight excluding hydrogens is 331 g/mol. The van der Waals surface area contributed by atoms with Crippen molar-refractivity contribution in [1.82, 2.24) is 9.97 Å². The van der Waals surface area contributed by atoms with Gasteiger partial charge in [0.25, 0.3) is 5.91 Å². The molecule has 3 aromatic rings. The van der Waals surface area contributed by atoms with E-state index in [1.807, 2.05) is 24.1 Å². The fourth-order valence-corrected chi connectivity index (χ4v) is 2.47. The molecule has 1 N–H and O–H groups in total. The number of carbonyl (C=O) groups is 1. The second-order valence-corrected chi connectivity index (χ2v) is 5.89. The van der Waals surface area contributed by atoms with Gasteiger partial charge >= 0.3 is 0 Å². The first kappa shape index (κ1) is 17.5. The fraction of sp³-hybridized carbons (Fsp3) is 0.150. The highest BCUT2D eigenvalue weighted by Crippen LogP contribution is 2.15. The van der Waals surface area contributed by atoms with E-state index in [0.717, 1.165) is 13.0 Å². The quantitative estimate of drug-likeness (QED) is 0.739. The van der Waals surface area contributed by atoms with E-state index in [-0.39, 0.29) is 11.7 Å². The number of pyridine rings is 2. The van der Waals surface area contributed by atoms with Crippen LogP contribution in [0, 0.1) is 5.82 Å². The Labute approximate surface area is 151 Å². The molecule has 0 aliphatic rings. The molecule has 1 aromatic carbocycles. The van der Waals surface area contributed by atoms with Gasteiger partial charge < -0.3 is 10.2 Å². The third kappa shape index (κ3) is 4.63. The van der Waals surface area contributed by atoms with Crippen molar-refractivity contribution in [2.45, 2.75) is 6.42 Å². The second kappa shape index (κ2) is 8.20. The summed E-state index contributed by atoms with van der Waals surface area (Å²) >= 11 is 0. The van der Waals surface area contributed by atoms with E-state index in [2.05, 4.69) is 15.3 Å². The highest BCUT2D eigenvalue weighted by atomic mass is 19.1. The highest BCUT2D eigenvalue weighted by Gasteiger charge is 2.10. The zero-order chi connectivity index (χ0) is 18.4. The molecule has 26 heavy (non-hydrogen) atoms. The maximum absolute atomic E-state index is 13.0. The Bertz CT molecular complexity index is 868. The molecule has 0 aliphatic carbocycles. The summed E-state index contributed by atoms with van der Waals surface area (Å²) in [4.78, 5) is 22.7. The average Bonchev–Trinajstić information content (AvgIpc) is 2.69. The van der Waals surface area contributed by atoms with Gasteiger partial charge in [-0.25, -0.2) is 9.37 Å². The molecule has 2 aromatic heterocycles. The molecule has 0 aliphatic heterocycles. The first-order chi connectivity index (χ1) is 12.6. The van der Waals surface area contributed by atoms with E-state index < -0.39 is 0 Å². The first-order valence-corrected chi connectivity index (χ1v) is 8.25. The van der Waals surface area contributed by atoms with Crippen molar-refractivity contribution in [3.8, 4) is 0 Å². The summed E-state index contributed by atoms with van der Waals surface area (Å²) < 4.78 is 13.0. The second-order valence-electron chi connectivity index (χ2n) is 5.89. The minimum absolute atomic E-state index is 0.261. The van der Waals surface area contributed by atoms with Gasteiger partial charge in [-0.1, -0.05) is 0 Å². The molecular formula is C20H19FN4O. The molecule has 0 spiro atoms. The van der Waals surface area contributed by atoms with Crippen LogP contribution in [0.1, 0.15) is 15.9 Å². The van der Waals surface area contributed by atoms with Crippen LogP contribution in [0.15, 0.2) is 67.1 Å². The third-order valence-electron chi connectivity index (χ3n) is 3.99. The molecule has 5 nitrogen and oxygen atoms in total. The maximum Gasteiger partial charge on any atom is 0.255 e. The lowest BCUT2D eigenvalue weighted by molar-refractivity contribution is 0.102. The van der Waals surface area contributed by atoms with Crippen molar-refractivity contribution < 1.29 is 9.18 Å². The van der Waals surface area contributed by atoms with E-state index in [9.17, 15) is 9.18 Å². The third-order valence-corrected chi connectivity index (χ3v) is 3.99. The largest absolute Gasteiger partial charge is 0.359 e. The number of likely N-dealkylation sites (N-methyl/N-ethyl adjacent to an activating group) is 1. The van der Waals surface area contributed by atoms with Gasteiger partial charge in [-0.15, -0.1) is 0 Å². The van der Waals surface area contributed by atoms with Crippen LogP contribution in [0.2, 0.25) is 0 Å². The summed E-state index contributed by atoms with van der Waals surface area (Å²) in [6, 6.07) is 13.0. The number of rotatable bonds is 6. The van der Waals surface area contributed by atoms with Crippen LogP contribution in [-0.2, 0) is 6.42 Å². The molecule has 0 radical (unpaired) electrons. The number of hydrogen-bond acceptors (Lipinski definition) is 4. The van der Waals surface area contributed by atoms with Crippen molar-refractivity contribution in [1.29, 1.82) is 0 Å². The van der Waals surface area contributed by atoms with Crippen LogP contribution in [-0.4, -0.2) is 29.5 Å². The summed E-state index contributed by atoms with van der Waals surface area (Å²) in [6.45, 7) is 0.764. The fourth-order valence-electron chi connectivity index (χ4n) is 2.47. The normalized spacial score (nSPS) is 10.4. The zero-order valence-electron chi connectivity index (χ0n) is 14.4. The Morgan fingerprint density at radius 3 is 2.54 bits per heavy atom. The number of benzene rings is 1. The minimum atomic E-state index is -0.343. The van der Waals surface area contributed by atoms with Crippen LogP contribution in [0.5, 0.6) is 0 Å². The molecule has 0 saturated carbocycles. The standard InChI is InChI=1S/C20H19FN4O/c1-25(13-9-15-6-10-22-11-7-15)19-14-16(8-12-23-19)20(26)24-18-4-2-17(21)3-5-18/h2-8,10-12,14H,9,13H2,1H3,(H,24,26). The van der Waals surface area contributed by atoms with Crippen LogP contribution in [0.25, 0.3) is 0 Å². The number of halogens is 1. The van der Waals surface area contributed by atoms with Crippen LogP contribution < -0.4 is 10.2 Å². The van der Waals surface area contributed by atoms with Crippen LogP contribution in [0.3, 0.4) is 0 Å². The lowest BCUT2D eigenvalue weighted by Crippen LogP contribution is -2.22. The number of aromatic nitrogens is 2. The van der Waals surface area contributed by atoms with Gasteiger partial charge in [0.1, 0.15) is 11.6 Å². The highest BCUT2D eigenvalue weighted by molar-refractivity contribution is 6.04. The van der Waals surface area contributed by atoms with Crippen molar-refractivity contribution >= 4 is 17.4 Å². The molecule has 1 amide bonds. The Morgan fingerprint density at radius 1 is 1.08 bits per heavy atom. The first-order valence-electron chi connectivity index (χ1n) is 8.25. The maximum atomic E-state index is 13.0. The van der Waals surface area contributed by atoms with Crippen LogP contribution >= 0.6 is 0 Å². The molecule has 0 atom stereocenters. The number of nitrogens with one attached hydrogen (secondary N) is 1. The molecule has 6 heteroatoms. The van der Waals surface area contributed by atoms with Gasteiger partial charge in [0.2, 0.25) is 0 Å². The number of carbonyl (C=O) groups excluding carboxylic acids is 1. The summed E-state index contributed by atoms with van der Waals surface area (Å²) in [5.74, 6) is 0.110. The van der Waals surface area contributed by atoms with E-state index in [4.69, 9.17) is 0 Å². The van der Waals surface area contributed by atoms with Gasteiger partial charge in [0.05, 0.1) is 0 Å². The predicted octanol–water partition coefficient (Wildman–Crippen LogP) is 3.55. The molecule has 0 bridgehead atoms. The van der Waals surface area contributed by atoms with Gasteiger partial charge in [-0.3, -0.25) is 9.78 Å². The summed E-state index contributed by atoms with van der Waals surface area (Å²) in [6.07, 6.45) is 6.01. The minimum Gasteiger partial charge on any atom is -0.359 e. The Balaban J connectivity index is 1.65. The van der Waals surface area contributed by atoms with Gasteiger partial charge in [0, 0.05) is 43.4 Å². The Kier molecular flexibility index (Phi) is 5.53. The molecule has 0 fully saturated rings. The smallest absolute Gasteiger partial charge is 0.255 e. The topological polar surface area (TPSA) is 58.1 Å². The lowest BCUT2D eigenvalue weighted by atomic mass is 10.2. The Morgan fingerprint density at radius 2 is 1.81 bits per heavy atom. The summed E-state index contributed by atoms with van der Waals surface area (Å²) in [5.41, 5.74) is 2.23. The van der Waals surface area contributed by atoms with Gasteiger partial charge in [0.15, 0.2) is 0 Å². The number of nitrogens with zero attached hydrogens (tertiary/aromatic N) is 3. The van der Waals surface area contributed by atoms with Crippen molar-refractivity contribution in [2.24, 2.45) is 0 Å². The van der Waals surface area contributed by atoms with E-state index in [1.165, 1.54) is 29.8 Å². The van der Waals surface area contributed by atoms with Crippen LogP contribution in [0.4, 0.5) is 15.9 Å². The van der Waals surface area contributed by atoms with Gasteiger partial charge in [-0.2, -0.15) is 0 Å². The van der Waals surface area contributed by atoms with Gasteiger partial charge in [-0.05, 0) is 60.5 Å². The average molecular weight is 350 g/mol. The van der Waals surface area contributed by atoms with Crippen molar-refractivity contribution in [3.05, 3.63) is 84.1 Å². The number of anilines is 2. The number of amides is 1. The zero-order valence-corrected chi connectivity index (χ0v) is 14.4. The van der Waals surface area contributed by atoms with E-state index in [1.54, 1.807) is 30.7 Å². The summed E-state index contributed by atoms with van der Waals surface area (Å²) in [5, 5.41) is 2.75. The van der Waals surface area contributed by atoms with E-state index >= 15 is 0 Å². The van der Waals surface area contributed by atoms with Crippen molar-refractivity contribution in [3.63, 3.8) is 0 Å². The molecule has 132 valence electrons. The monoisotopic (exact) mass is 350 g/mol. The van der Waals surface area contributed by atoms with E-state index in [0.29, 0.717) is 17.1 Å². The van der Waals surface area contributed by atoms with Crippen molar-refractivity contribution in [2.75, 3.05) is 23.8 Å². The number of hydrogen-bond donors (Lipinski definition) is 1. The Hall–Kier alpha value is -3.28. The molecule has 2 heterocycles.